The number of nitrogens with zero attached hydrogens (tertiary/aromatic N) is 1. The molecule has 0 spiro atoms. The van der Waals surface area contributed by atoms with Crippen molar-refractivity contribution in [3.8, 4) is 5.75 Å². The molecule has 4 nitrogen and oxygen atoms in total. The number of methoxy groups -OCH3 is 1. The molecule has 130 valence electrons. The molecule has 3 fully saturated rings. The van der Waals surface area contributed by atoms with Crippen LogP contribution < -0.4 is 4.74 Å². The van der Waals surface area contributed by atoms with Gasteiger partial charge in [0.25, 0.3) is 0 Å². The maximum atomic E-state index is 14.0. The first-order valence-electron chi connectivity index (χ1n) is 8.57. The number of rotatable bonds is 3. The summed E-state index contributed by atoms with van der Waals surface area (Å²) in [7, 11) is -2.30. The number of hydrogen-bond donors (Lipinski definition) is 0. The lowest BCUT2D eigenvalue weighted by molar-refractivity contribution is 0.281. The fourth-order valence-electron chi connectivity index (χ4n) is 4.29. The van der Waals surface area contributed by atoms with E-state index in [1.54, 1.807) is 9.88 Å². The van der Waals surface area contributed by atoms with Gasteiger partial charge < -0.3 is 4.74 Å². The lowest BCUT2D eigenvalue weighted by Gasteiger charge is -2.37. The van der Waals surface area contributed by atoms with Crippen molar-refractivity contribution < 1.29 is 17.5 Å². The molecule has 6 heteroatoms. The summed E-state index contributed by atoms with van der Waals surface area (Å²) in [6.45, 7) is 0. The van der Waals surface area contributed by atoms with Crippen LogP contribution in [-0.2, 0) is 10.0 Å². The summed E-state index contributed by atoms with van der Waals surface area (Å²) < 4.78 is 46.6. The van der Waals surface area contributed by atoms with Crippen LogP contribution in [0.1, 0.15) is 44.9 Å². The van der Waals surface area contributed by atoms with Gasteiger partial charge in [-0.2, -0.15) is 4.31 Å². The quantitative estimate of drug-likeness (QED) is 0.781. The van der Waals surface area contributed by atoms with Gasteiger partial charge in [0, 0.05) is 12.1 Å². The van der Waals surface area contributed by atoms with E-state index in [2.05, 4.69) is 0 Å². The van der Waals surface area contributed by atoms with Gasteiger partial charge in [-0.25, -0.2) is 12.8 Å². The molecule has 2 saturated heterocycles. The fraction of sp³-hybridized carbons (Fsp3) is 0.556. The van der Waals surface area contributed by atoms with Crippen molar-refractivity contribution in [2.45, 2.75) is 61.9 Å². The smallest absolute Gasteiger partial charge is 0.243 e. The first-order chi connectivity index (χ1) is 11.5. The van der Waals surface area contributed by atoms with Gasteiger partial charge in [0.1, 0.15) is 0 Å². The minimum Gasteiger partial charge on any atom is -0.494 e. The van der Waals surface area contributed by atoms with Crippen LogP contribution in [0.2, 0.25) is 0 Å². The number of fused-ring (bicyclic) bond motifs is 2. The second-order valence-corrected chi connectivity index (χ2v) is 8.83. The van der Waals surface area contributed by atoms with Gasteiger partial charge in [-0.15, -0.1) is 0 Å². The molecule has 2 aliphatic heterocycles. The van der Waals surface area contributed by atoms with Gasteiger partial charge in [0.15, 0.2) is 11.6 Å². The molecule has 1 aromatic carbocycles. The van der Waals surface area contributed by atoms with Crippen molar-refractivity contribution in [1.29, 1.82) is 0 Å². The van der Waals surface area contributed by atoms with Gasteiger partial charge in [-0.05, 0) is 63.1 Å². The molecule has 2 bridgehead atoms. The topological polar surface area (TPSA) is 46.6 Å². The summed E-state index contributed by atoms with van der Waals surface area (Å²) in [5, 5.41) is 0. The third-order valence-electron chi connectivity index (χ3n) is 5.67. The van der Waals surface area contributed by atoms with Gasteiger partial charge in [0.05, 0.1) is 12.0 Å². The lowest BCUT2D eigenvalue weighted by Crippen LogP contribution is -2.44. The van der Waals surface area contributed by atoms with Crippen LogP contribution in [0.15, 0.2) is 34.2 Å². The molecule has 1 aliphatic carbocycles. The molecular formula is C18H22FNO3S. The van der Waals surface area contributed by atoms with Crippen molar-refractivity contribution in [3.05, 3.63) is 35.2 Å². The minimum absolute atomic E-state index is 0.0254. The van der Waals surface area contributed by atoms with Gasteiger partial charge in [-0.3, -0.25) is 0 Å². The molecule has 1 aromatic rings. The van der Waals surface area contributed by atoms with E-state index in [9.17, 15) is 12.8 Å². The van der Waals surface area contributed by atoms with E-state index in [0.29, 0.717) is 0 Å². The predicted octanol–water partition coefficient (Wildman–Crippen LogP) is 3.63. The second kappa shape index (κ2) is 5.85. The molecule has 2 heterocycles. The number of halogens is 1. The Balaban J connectivity index is 1.65. The van der Waals surface area contributed by atoms with Crippen molar-refractivity contribution in [2.24, 2.45) is 0 Å². The molecule has 3 aliphatic rings. The van der Waals surface area contributed by atoms with E-state index in [1.165, 1.54) is 44.1 Å². The number of sulfonamides is 1. The molecule has 0 amide bonds. The molecule has 1 saturated carbocycles. The SMILES string of the molecule is COc1ccc(S(=O)(=O)N2C3CCC2CC(=C2CCC2)C3)cc1F. The Kier molecular flexibility index (Phi) is 3.92. The Morgan fingerprint density at radius 2 is 1.79 bits per heavy atom. The average Bonchev–Trinajstić information content (AvgIpc) is 2.78. The zero-order valence-electron chi connectivity index (χ0n) is 13.8. The molecule has 2 atom stereocenters. The Morgan fingerprint density at radius 3 is 2.29 bits per heavy atom. The zero-order chi connectivity index (χ0) is 16.9. The van der Waals surface area contributed by atoms with E-state index < -0.39 is 15.8 Å². The maximum Gasteiger partial charge on any atom is 0.243 e. The number of hydrogen-bond acceptors (Lipinski definition) is 3. The summed E-state index contributed by atoms with van der Waals surface area (Å²) in [5.41, 5.74) is 3.04. The van der Waals surface area contributed by atoms with Crippen LogP contribution in [0, 0.1) is 5.82 Å². The van der Waals surface area contributed by atoms with E-state index in [4.69, 9.17) is 4.74 Å². The number of ether oxygens (including phenoxy) is 1. The summed E-state index contributed by atoms with van der Waals surface area (Å²) >= 11 is 0. The summed E-state index contributed by atoms with van der Waals surface area (Å²) in [5.74, 6) is -0.576. The standard InChI is InChI=1S/C18H22FNO3S/c1-23-18-8-7-16(11-17(18)19)24(21,22)20-14-5-6-15(20)10-13(9-14)12-3-2-4-12/h7-8,11,14-15H,2-6,9-10H2,1H3. The zero-order valence-corrected chi connectivity index (χ0v) is 14.6. The molecule has 24 heavy (non-hydrogen) atoms. The van der Waals surface area contributed by atoms with Crippen molar-refractivity contribution in [2.75, 3.05) is 7.11 Å². The molecule has 0 aromatic heterocycles. The monoisotopic (exact) mass is 351 g/mol. The predicted molar refractivity (Wildman–Crippen MR) is 88.9 cm³/mol. The van der Waals surface area contributed by atoms with Crippen LogP contribution in [0.25, 0.3) is 0 Å². The normalized spacial score (nSPS) is 27.2. The first kappa shape index (κ1) is 16.1. The summed E-state index contributed by atoms with van der Waals surface area (Å²) in [6.07, 6.45) is 7.14. The third kappa shape index (κ3) is 2.47. The molecular weight excluding hydrogens is 329 g/mol. The van der Waals surface area contributed by atoms with E-state index in [-0.39, 0.29) is 22.7 Å². The molecule has 0 radical (unpaired) electrons. The van der Waals surface area contributed by atoms with E-state index in [0.717, 1.165) is 31.7 Å². The Labute approximate surface area is 142 Å². The highest BCUT2D eigenvalue weighted by Crippen LogP contribution is 2.45. The molecule has 0 N–H and O–H groups in total. The number of allylic oxidation sites excluding steroid dienone is 1. The number of piperidine rings is 1. The van der Waals surface area contributed by atoms with Crippen molar-refractivity contribution in [3.63, 3.8) is 0 Å². The summed E-state index contributed by atoms with van der Waals surface area (Å²) in [4.78, 5) is 0.0254. The van der Waals surface area contributed by atoms with Crippen LogP contribution >= 0.6 is 0 Å². The van der Waals surface area contributed by atoms with Crippen LogP contribution in [0.5, 0.6) is 5.75 Å². The van der Waals surface area contributed by atoms with Crippen LogP contribution in [0.4, 0.5) is 4.39 Å². The Morgan fingerprint density at radius 1 is 1.12 bits per heavy atom. The lowest BCUT2D eigenvalue weighted by atomic mass is 9.83. The van der Waals surface area contributed by atoms with Crippen LogP contribution in [-0.4, -0.2) is 31.9 Å². The maximum absolute atomic E-state index is 14.0. The van der Waals surface area contributed by atoms with Crippen molar-refractivity contribution >= 4 is 10.0 Å². The highest BCUT2D eigenvalue weighted by molar-refractivity contribution is 7.89. The third-order valence-corrected chi connectivity index (χ3v) is 7.67. The van der Waals surface area contributed by atoms with Crippen LogP contribution in [0.3, 0.4) is 0 Å². The van der Waals surface area contributed by atoms with Gasteiger partial charge in [-0.1, -0.05) is 11.1 Å². The largest absolute Gasteiger partial charge is 0.494 e. The second-order valence-electron chi connectivity index (χ2n) is 6.99. The van der Waals surface area contributed by atoms with Gasteiger partial charge in [0.2, 0.25) is 10.0 Å². The van der Waals surface area contributed by atoms with Crippen molar-refractivity contribution in [1.82, 2.24) is 4.31 Å². The van der Waals surface area contributed by atoms with Gasteiger partial charge >= 0.3 is 0 Å². The first-order valence-corrected chi connectivity index (χ1v) is 10.0. The summed E-state index contributed by atoms with van der Waals surface area (Å²) in [6, 6.07) is 3.96. The minimum atomic E-state index is -3.67. The highest BCUT2D eigenvalue weighted by atomic mass is 32.2. The average molecular weight is 351 g/mol. The Bertz CT molecular complexity index is 780. The molecule has 2 unspecified atom stereocenters. The Hall–Kier alpha value is -1.40. The number of benzene rings is 1. The highest BCUT2D eigenvalue weighted by Gasteiger charge is 2.46. The molecule has 4 rings (SSSR count). The van der Waals surface area contributed by atoms with E-state index in [1.807, 2.05) is 0 Å². The fourth-order valence-corrected chi connectivity index (χ4v) is 6.17. The van der Waals surface area contributed by atoms with E-state index >= 15 is 0 Å².